The molecule has 2 N–H and O–H groups in total. The van der Waals surface area contributed by atoms with E-state index in [1.807, 2.05) is 0 Å². The molecule has 3 aliphatic rings. The van der Waals surface area contributed by atoms with Crippen LogP contribution >= 0.6 is 24.8 Å². The minimum Gasteiger partial charge on any atom is -0.339 e. The Hall–Kier alpha value is -0.0300. The second kappa shape index (κ2) is 8.00. The summed E-state index contributed by atoms with van der Waals surface area (Å²) in [4.78, 5) is 17.6. The van der Waals surface area contributed by atoms with Crippen LogP contribution in [0.5, 0.6) is 0 Å². The minimum atomic E-state index is -0.211. The fourth-order valence-corrected chi connectivity index (χ4v) is 4.23. The van der Waals surface area contributed by atoms with Crippen LogP contribution in [0.1, 0.15) is 44.9 Å². The molecule has 1 atom stereocenters. The first kappa shape index (κ1) is 19.0. The molecule has 0 bridgehead atoms. The van der Waals surface area contributed by atoms with E-state index in [0.717, 1.165) is 32.5 Å². The summed E-state index contributed by atoms with van der Waals surface area (Å²) in [6, 6.07) is 0.614. The summed E-state index contributed by atoms with van der Waals surface area (Å²) in [5.41, 5.74) is 5.74. The van der Waals surface area contributed by atoms with E-state index in [1.165, 1.54) is 38.6 Å². The van der Waals surface area contributed by atoms with Gasteiger partial charge in [0.05, 0.1) is 5.41 Å². The second-order valence-corrected chi connectivity index (χ2v) is 6.63. The van der Waals surface area contributed by atoms with E-state index in [4.69, 9.17) is 5.73 Å². The van der Waals surface area contributed by atoms with Crippen molar-refractivity contribution in [2.45, 2.75) is 51.0 Å². The Morgan fingerprint density at radius 1 is 1.05 bits per heavy atom. The smallest absolute Gasteiger partial charge is 0.230 e. The van der Waals surface area contributed by atoms with Crippen LogP contribution in [0.2, 0.25) is 0 Å². The zero-order chi connectivity index (χ0) is 13.3. The zero-order valence-electron chi connectivity index (χ0n) is 12.8. The first-order chi connectivity index (χ1) is 9.25. The molecule has 1 unspecified atom stereocenters. The van der Waals surface area contributed by atoms with E-state index in [1.54, 1.807) is 0 Å². The van der Waals surface area contributed by atoms with Crippen molar-refractivity contribution in [2.75, 3.05) is 32.7 Å². The van der Waals surface area contributed by atoms with E-state index in [2.05, 4.69) is 9.80 Å². The molecule has 0 aromatic carbocycles. The van der Waals surface area contributed by atoms with Crippen molar-refractivity contribution >= 4 is 30.7 Å². The van der Waals surface area contributed by atoms with Gasteiger partial charge in [-0.3, -0.25) is 9.69 Å². The van der Waals surface area contributed by atoms with Crippen LogP contribution in [0.25, 0.3) is 0 Å². The van der Waals surface area contributed by atoms with E-state index >= 15 is 0 Å². The van der Waals surface area contributed by atoms with Gasteiger partial charge < -0.3 is 10.6 Å². The van der Waals surface area contributed by atoms with Gasteiger partial charge in [-0.1, -0.05) is 19.3 Å². The summed E-state index contributed by atoms with van der Waals surface area (Å²) in [6.07, 6.45) is 8.28. The Morgan fingerprint density at radius 3 is 2.43 bits per heavy atom. The van der Waals surface area contributed by atoms with Gasteiger partial charge in [0.2, 0.25) is 5.91 Å². The molecule has 1 saturated carbocycles. The molecule has 0 aromatic heterocycles. The van der Waals surface area contributed by atoms with Crippen LogP contribution in [0.4, 0.5) is 0 Å². The molecular formula is C15H29Cl2N3O. The number of nitrogens with zero attached hydrogens (tertiary/aromatic N) is 2. The lowest BCUT2D eigenvalue weighted by Gasteiger charge is -2.46. The maximum atomic E-state index is 12.9. The van der Waals surface area contributed by atoms with Crippen molar-refractivity contribution in [3.63, 3.8) is 0 Å². The maximum Gasteiger partial charge on any atom is 0.230 e. The topological polar surface area (TPSA) is 49.6 Å². The molecule has 124 valence electrons. The Labute approximate surface area is 140 Å². The highest BCUT2D eigenvalue weighted by molar-refractivity contribution is 5.85. The Bertz CT molecular complexity index is 348. The van der Waals surface area contributed by atoms with Crippen LogP contribution < -0.4 is 5.73 Å². The summed E-state index contributed by atoms with van der Waals surface area (Å²) < 4.78 is 0. The molecule has 2 saturated heterocycles. The van der Waals surface area contributed by atoms with E-state index in [0.29, 0.717) is 18.5 Å². The second-order valence-electron chi connectivity index (χ2n) is 6.63. The molecule has 21 heavy (non-hydrogen) atoms. The molecule has 4 nitrogen and oxygen atoms in total. The van der Waals surface area contributed by atoms with Crippen molar-refractivity contribution < 1.29 is 4.79 Å². The highest BCUT2D eigenvalue weighted by atomic mass is 35.5. The molecule has 2 aliphatic heterocycles. The van der Waals surface area contributed by atoms with Crippen LogP contribution in [-0.2, 0) is 4.79 Å². The van der Waals surface area contributed by atoms with Crippen molar-refractivity contribution in [1.82, 2.24) is 9.80 Å². The van der Waals surface area contributed by atoms with Gasteiger partial charge in [-0.2, -0.15) is 0 Å². The number of nitrogens with two attached hydrogens (primary N) is 1. The van der Waals surface area contributed by atoms with E-state index in [-0.39, 0.29) is 30.2 Å². The fraction of sp³-hybridized carbons (Fsp3) is 0.933. The Balaban J connectivity index is 0.00000110. The Kier molecular flexibility index (Phi) is 7.25. The summed E-state index contributed by atoms with van der Waals surface area (Å²) in [5, 5.41) is 0. The number of piperazine rings is 1. The monoisotopic (exact) mass is 337 g/mol. The molecule has 1 aliphatic carbocycles. The summed E-state index contributed by atoms with van der Waals surface area (Å²) in [6.45, 7) is 4.69. The number of piperidine rings is 1. The van der Waals surface area contributed by atoms with Gasteiger partial charge in [-0.25, -0.2) is 0 Å². The summed E-state index contributed by atoms with van der Waals surface area (Å²) in [7, 11) is 0. The highest BCUT2D eigenvalue weighted by Crippen LogP contribution is 2.39. The largest absolute Gasteiger partial charge is 0.339 e. The lowest BCUT2D eigenvalue weighted by Crippen LogP contribution is -2.59. The third-order valence-electron chi connectivity index (χ3n) is 5.53. The van der Waals surface area contributed by atoms with E-state index < -0.39 is 0 Å². The average Bonchev–Trinajstić information content (AvgIpc) is 2.96. The fourth-order valence-electron chi connectivity index (χ4n) is 4.23. The third kappa shape index (κ3) is 3.66. The molecule has 0 radical (unpaired) electrons. The number of hydrogen-bond donors (Lipinski definition) is 1. The minimum absolute atomic E-state index is 0. The van der Waals surface area contributed by atoms with Crippen molar-refractivity contribution in [3.8, 4) is 0 Å². The van der Waals surface area contributed by atoms with Crippen molar-refractivity contribution in [1.29, 1.82) is 0 Å². The van der Waals surface area contributed by atoms with Crippen molar-refractivity contribution in [3.05, 3.63) is 0 Å². The summed E-state index contributed by atoms with van der Waals surface area (Å²) in [5.74, 6) is 0.359. The number of carbonyl (C=O) groups excluding carboxylic acids is 1. The van der Waals surface area contributed by atoms with Gasteiger partial charge in [0.25, 0.3) is 0 Å². The van der Waals surface area contributed by atoms with Crippen LogP contribution in [-0.4, -0.2) is 54.5 Å². The first-order valence-electron chi connectivity index (χ1n) is 7.99. The standard InChI is InChI=1S/C15H27N3O.2ClH/c16-12-15(6-2-3-7-15)14(19)18-10-9-17-8-4-1-5-13(17)11-18;;/h13H,1-12,16H2;2*1H. The predicted octanol–water partition coefficient (Wildman–Crippen LogP) is 2.05. The van der Waals surface area contributed by atoms with E-state index in [9.17, 15) is 4.79 Å². The molecule has 3 fully saturated rings. The number of hydrogen-bond acceptors (Lipinski definition) is 3. The van der Waals surface area contributed by atoms with Gasteiger partial charge in [0, 0.05) is 32.2 Å². The zero-order valence-corrected chi connectivity index (χ0v) is 14.4. The van der Waals surface area contributed by atoms with Crippen LogP contribution in [0.3, 0.4) is 0 Å². The molecule has 2 heterocycles. The quantitative estimate of drug-likeness (QED) is 0.838. The first-order valence-corrected chi connectivity index (χ1v) is 7.99. The molecule has 6 heteroatoms. The lowest BCUT2D eigenvalue weighted by molar-refractivity contribution is -0.145. The van der Waals surface area contributed by atoms with Gasteiger partial charge >= 0.3 is 0 Å². The third-order valence-corrected chi connectivity index (χ3v) is 5.53. The normalized spacial score (nSPS) is 28.2. The SMILES string of the molecule is Cl.Cl.NCC1(C(=O)N2CCN3CCCCC3C2)CCCC1. The summed E-state index contributed by atoms with van der Waals surface area (Å²) >= 11 is 0. The molecule has 3 rings (SSSR count). The maximum absolute atomic E-state index is 12.9. The number of halogens is 2. The van der Waals surface area contributed by atoms with Gasteiger partial charge in [0.1, 0.15) is 0 Å². The van der Waals surface area contributed by atoms with Gasteiger partial charge in [-0.05, 0) is 32.2 Å². The number of fused-ring (bicyclic) bond motifs is 1. The van der Waals surface area contributed by atoms with Crippen LogP contribution in [0.15, 0.2) is 0 Å². The van der Waals surface area contributed by atoms with Crippen molar-refractivity contribution in [2.24, 2.45) is 11.1 Å². The van der Waals surface area contributed by atoms with Crippen LogP contribution in [0, 0.1) is 5.41 Å². The highest BCUT2D eigenvalue weighted by Gasteiger charge is 2.44. The van der Waals surface area contributed by atoms with Gasteiger partial charge in [-0.15, -0.1) is 24.8 Å². The molecule has 1 amide bonds. The van der Waals surface area contributed by atoms with Gasteiger partial charge in [0.15, 0.2) is 0 Å². The average molecular weight is 338 g/mol. The number of amides is 1. The lowest BCUT2D eigenvalue weighted by atomic mass is 9.84. The predicted molar refractivity (Wildman–Crippen MR) is 90.2 cm³/mol. The number of rotatable bonds is 2. The Morgan fingerprint density at radius 2 is 1.76 bits per heavy atom. The molecule has 0 aromatic rings. The molecule has 0 spiro atoms. The molecular weight excluding hydrogens is 309 g/mol. The number of carbonyl (C=O) groups is 1.